The van der Waals surface area contributed by atoms with Crippen LogP contribution in [0.1, 0.15) is 11.1 Å². The van der Waals surface area contributed by atoms with Crippen molar-refractivity contribution in [3.63, 3.8) is 0 Å². The number of nitro groups is 1. The number of nitrogens with zero attached hydrogens (tertiary/aromatic N) is 1. The quantitative estimate of drug-likeness (QED) is 0.651. The van der Waals surface area contributed by atoms with E-state index >= 15 is 0 Å². The van der Waals surface area contributed by atoms with Crippen molar-refractivity contribution in [2.24, 2.45) is 0 Å². The third-order valence-corrected chi connectivity index (χ3v) is 2.81. The second kappa shape index (κ2) is 6.51. The third-order valence-electron chi connectivity index (χ3n) is 2.81. The molecule has 2 aromatic rings. The average Bonchev–Trinajstić information content (AvgIpc) is 2.46. The molecule has 6 heteroatoms. The molecule has 0 amide bonds. The summed E-state index contributed by atoms with van der Waals surface area (Å²) < 4.78 is 5.52. The van der Waals surface area contributed by atoms with Gasteiger partial charge in [-0.25, -0.2) is 0 Å². The molecule has 2 aromatic carbocycles. The first kappa shape index (κ1) is 14.5. The molecule has 0 radical (unpaired) electrons. The van der Waals surface area contributed by atoms with Crippen LogP contribution in [-0.4, -0.2) is 16.0 Å². The highest BCUT2D eigenvalue weighted by Crippen LogP contribution is 2.17. The molecule has 0 fully saturated rings. The lowest BCUT2D eigenvalue weighted by molar-refractivity contribution is -0.384. The number of carbonyl (C=O) groups is 1. The van der Waals surface area contributed by atoms with Gasteiger partial charge in [-0.05, 0) is 23.3 Å². The summed E-state index contributed by atoms with van der Waals surface area (Å²) >= 11 is 0. The van der Waals surface area contributed by atoms with Crippen molar-refractivity contribution in [3.8, 4) is 5.75 Å². The van der Waals surface area contributed by atoms with Crippen LogP contribution in [0.3, 0.4) is 0 Å². The minimum Gasteiger partial charge on any atom is -0.489 e. The first-order chi connectivity index (χ1) is 10.0. The molecule has 0 aliphatic heterocycles. The van der Waals surface area contributed by atoms with Crippen LogP contribution in [0.25, 0.3) is 0 Å². The fourth-order valence-electron chi connectivity index (χ4n) is 1.80. The predicted octanol–water partition coefficient (Wildman–Crippen LogP) is 2.80. The molecule has 1 N–H and O–H groups in total. The van der Waals surface area contributed by atoms with Crippen molar-refractivity contribution in [3.05, 3.63) is 69.8 Å². The van der Waals surface area contributed by atoms with Crippen LogP contribution in [0.5, 0.6) is 5.75 Å². The maximum atomic E-state index is 10.7. The molecule has 108 valence electrons. The van der Waals surface area contributed by atoms with Gasteiger partial charge in [-0.2, -0.15) is 0 Å². The first-order valence-electron chi connectivity index (χ1n) is 6.21. The Morgan fingerprint density at radius 3 is 2.48 bits per heavy atom. The van der Waals surface area contributed by atoms with Crippen molar-refractivity contribution >= 4 is 11.7 Å². The van der Waals surface area contributed by atoms with Gasteiger partial charge in [0.1, 0.15) is 12.4 Å². The summed E-state index contributed by atoms with van der Waals surface area (Å²) in [6.45, 7) is 0.208. The highest BCUT2D eigenvalue weighted by molar-refractivity contribution is 5.70. The minimum absolute atomic E-state index is 0.0212. The van der Waals surface area contributed by atoms with Crippen LogP contribution in [-0.2, 0) is 17.8 Å². The van der Waals surface area contributed by atoms with Crippen molar-refractivity contribution in [1.29, 1.82) is 0 Å². The van der Waals surface area contributed by atoms with Gasteiger partial charge in [0.2, 0.25) is 0 Å². The van der Waals surface area contributed by atoms with Gasteiger partial charge in [-0.3, -0.25) is 14.9 Å². The number of benzene rings is 2. The summed E-state index contributed by atoms with van der Waals surface area (Å²) in [6, 6.07) is 12.9. The summed E-state index contributed by atoms with van der Waals surface area (Å²) in [5.74, 6) is -0.309. The monoisotopic (exact) mass is 287 g/mol. The number of hydrogen-bond acceptors (Lipinski definition) is 4. The lowest BCUT2D eigenvalue weighted by Crippen LogP contribution is -2.00. The van der Waals surface area contributed by atoms with Gasteiger partial charge in [-0.15, -0.1) is 0 Å². The molecule has 0 atom stereocenters. The number of nitro benzene ring substituents is 1. The Morgan fingerprint density at radius 2 is 1.86 bits per heavy atom. The summed E-state index contributed by atoms with van der Waals surface area (Å²) in [4.78, 5) is 20.8. The van der Waals surface area contributed by atoms with Crippen LogP contribution < -0.4 is 4.74 Å². The molecule has 0 aliphatic rings. The number of aliphatic carboxylic acids is 1. The van der Waals surface area contributed by atoms with Gasteiger partial charge in [0.05, 0.1) is 11.3 Å². The molecule has 0 aliphatic carbocycles. The van der Waals surface area contributed by atoms with Crippen LogP contribution in [0.2, 0.25) is 0 Å². The zero-order chi connectivity index (χ0) is 15.2. The number of ether oxygens (including phenoxy) is 1. The molecule has 0 bridgehead atoms. The molecular formula is C15H13NO5. The fourth-order valence-corrected chi connectivity index (χ4v) is 1.80. The van der Waals surface area contributed by atoms with Crippen LogP contribution in [0.15, 0.2) is 48.5 Å². The highest BCUT2D eigenvalue weighted by Gasteiger charge is 2.06. The van der Waals surface area contributed by atoms with E-state index < -0.39 is 10.9 Å². The van der Waals surface area contributed by atoms with Gasteiger partial charge in [0.15, 0.2) is 0 Å². The van der Waals surface area contributed by atoms with E-state index in [2.05, 4.69) is 0 Å². The maximum Gasteiger partial charge on any atom is 0.307 e. The standard InChI is InChI=1S/C15H13NO5/c17-15(18)9-11-4-6-14(7-5-11)21-10-12-2-1-3-13(8-12)16(19)20/h1-8H,9-10H2,(H,17,18). The molecule has 21 heavy (non-hydrogen) atoms. The molecule has 0 aromatic heterocycles. The van der Waals surface area contributed by atoms with Crippen molar-refractivity contribution in [2.75, 3.05) is 0 Å². The molecule has 0 unspecified atom stereocenters. The van der Waals surface area contributed by atoms with Crippen LogP contribution >= 0.6 is 0 Å². The zero-order valence-corrected chi connectivity index (χ0v) is 11.1. The van der Waals surface area contributed by atoms with E-state index in [4.69, 9.17) is 9.84 Å². The van der Waals surface area contributed by atoms with E-state index in [1.54, 1.807) is 36.4 Å². The maximum absolute atomic E-state index is 10.7. The van der Waals surface area contributed by atoms with Crippen molar-refractivity contribution in [2.45, 2.75) is 13.0 Å². The van der Waals surface area contributed by atoms with E-state index in [1.807, 2.05) is 0 Å². The number of carboxylic acid groups (broad SMARTS) is 1. The number of rotatable bonds is 6. The minimum atomic E-state index is -0.889. The largest absolute Gasteiger partial charge is 0.489 e. The molecular weight excluding hydrogens is 274 g/mol. The SMILES string of the molecule is O=C(O)Cc1ccc(OCc2cccc([N+](=O)[O-])c2)cc1. The lowest BCUT2D eigenvalue weighted by atomic mass is 10.1. The Balaban J connectivity index is 1.98. The first-order valence-corrected chi connectivity index (χ1v) is 6.21. The van der Waals surface area contributed by atoms with E-state index in [1.165, 1.54) is 12.1 Å². The Hall–Kier alpha value is -2.89. The van der Waals surface area contributed by atoms with Gasteiger partial charge in [-0.1, -0.05) is 24.3 Å². The fraction of sp³-hybridized carbons (Fsp3) is 0.133. The smallest absolute Gasteiger partial charge is 0.307 e. The molecule has 0 heterocycles. The van der Waals surface area contributed by atoms with E-state index in [0.29, 0.717) is 16.9 Å². The second-order valence-corrected chi connectivity index (χ2v) is 4.43. The Labute approximate surface area is 120 Å². The van der Waals surface area contributed by atoms with Crippen LogP contribution in [0, 0.1) is 10.1 Å². The average molecular weight is 287 g/mol. The summed E-state index contributed by atoms with van der Waals surface area (Å²) in [5, 5.41) is 19.3. The number of non-ortho nitro benzene ring substituents is 1. The Bertz CT molecular complexity index is 651. The van der Waals surface area contributed by atoms with Gasteiger partial charge in [0.25, 0.3) is 5.69 Å². The zero-order valence-electron chi connectivity index (χ0n) is 11.1. The lowest BCUT2D eigenvalue weighted by Gasteiger charge is -2.07. The van der Waals surface area contributed by atoms with Crippen molar-refractivity contribution < 1.29 is 19.6 Å². The molecule has 0 saturated carbocycles. The number of carboxylic acids is 1. The van der Waals surface area contributed by atoms with Gasteiger partial charge < -0.3 is 9.84 Å². The van der Waals surface area contributed by atoms with Gasteiger partial charge >= 0.3 is 5.97 Å². The summed E-state index contributed by atoms with van der Waals surface area (Å²) in [5.41, 5.74) is 1.40. The second-order valence-electron chi connectivity index (χ2n) is 4.43. The summed E-state index contributed by atoms with van der Waals surface area (Å²) in [7, 11) is 0. The molecule has 6 nitrogen and oxygen atoms in total. The summed E-state index contributed by atoms with van der Waals surface area (Å²) in [6.07, 6.45) is -0.0365. The van der Waals surface area contributed by atoms with Crippen LogP contribution in [0.4, 0.5) is 5.69 Å². The van der Waals surface area contributed by atoms with E-state index in [-0.39, 0.29) is 18.7 Å². The van der Waals surface area contributed by atoms with E-state index in [9.17, 15) is 14.9 Å². The molecule has 2 rings (SSSR count). The molecule has 0 spiro atoms. The molecule has 0 saturated heterocycles. The highest BCUT2D eigenvalue weighted by atomic mass is 16.6. The third kappa shape index (κ3) is 4.31. The normalized spacial score (nSPS) is 10.1. The Kier molecular flexibility index (Phi) is 4.50. The van der Waals surface area contributed by atoms with E-state index in [0.717, 1.165) is 0 Å². The van der Waals surface area contributed by atoms with Gasteiger partial charge in [0, 0.05) is 12.1 Å². The topological polar surface area (TPSA) is 89.7 Å². The number of hydrogen-bond donors (Lipinski definition) is 1. The van der Waals surface area contributed by atoms with Crippen molar-refractivity contribution in [1.82, 2.24) is 0 Å². The predicted molar refractivity (Wildman–Crippen MR) is 75.2 cm³/mol. The Morgan fingerprint density at radius 1 is 1.14 bits per heavy atom.